The van der Waals surface area contributed by atoms with Gasteiger partial charge in [-0.15, -0.1) is 0 Å². The smallest absolute Gasteiger partial charge is 0.0606 e. The van der Waals surface area contributed by atoms with E-state index in [0.29, 0.717) is 6.54 Å². The third-order valence-corrected chi connectivity index (χ3v) is 1.87. The number of hydrogen-bond donors (Lipinski definition) is 1. The Bertz CT molecular complexity index is 220. The third-order valence-electron chi connectivity index (χ3n) is 1.87. The first-order chi connectivity index (χ1) is 6.38. The Hall–Kier alpha value is -1.09. The van der Waals surface area contributed by atoms with Crippen LogP contribution in [0.25, 0.3) is 0 Å². The standard InChI is InChI=1S/C10H16N2O/c1-2-6-12(7-8-13)10-4-3-5-11-9-10/h3-5,9,13H,2,6-8H2,1H3. The molecule has 13 heavy (non-hydrogen) atoms. The minimum absolute atomic E-state index is 0.189. The zero-order valence-electron chi connectivity index (χ0n) is 7.98. The van der Waals surface area contributed by atoms with Crippen LogP contribution in [0.5, 0.6) is 0 Å². The molecule has 0 aliphatic carbocycles. The molecule has 0 bridgehead atoms. The third kappa shape index (κ3) is 3.03. The summed E-state index contributed by atoms with van der Waals surface area (Å²) in [6.07, 6.45) is 4.66. The number of rotatable bonds is 5. The van der Waals surface area contributed by atoms with Gasteiger partial charge in [-0.05, 0) is 18.6 Å². The fraction of sp³-hybridized carbons (Fsp3) is 0.500. The van der Waals surface area contributed by atoms with Gasteiger partial charge in [-0.1, -0.05) is 6.92 Å². The van der Waals surface area contributed by atoms with E-state index in [2.05, 4.69) is 16.8 Å². The molecule has 1 rings (SSSR count). The Balaban J connectivity index is 2.64. The fourth-order valence-corrected chi connectivity index (χ4v) is 1.30. The zero-order chi connectivity index (χ0) is 9.52. The van der Waals surface area contributed by atoms with Gasteiger partial charge in [0.05, 0.1) is 18.5 Å². The molecule has 1 heterocycles. The second kappa shape index (κ2) is 5.54. The predicted octanol–water partition coefficient (Wildman–Crippen LogP) is 1.29. The minimum Gasteiger partial charge on any atom is -0.395 e. The van der Waals surface area contributed by atoms with E-state index in [9.17, 15) is 0 Å². The number of nitrogens with zero attached hydrogens (tertiary/aromatic N) is 2. The number of aliphatic hydroxyl groups is 1. The molecule has 0 fully saturated rings. The quantitative estimate of drug-likeness (QED) is 0.741. The molecule has 0 amide bonds. The van der Waals surface area contributed by atoms with Crippen molar-refractivity contribution < 1.29 is 5.11 Å². The van der Waals surface area contributed by atoms with E-state index in [1.807, 2.05) is 18.3 Å². The fourth-order valence-electron chi connectivity index (χ4n) is 1.30. The van der Waals surface area contributed by atoms with Gasteiger partial charge >= 0.3 is 0 Å². The van der Waals surface area contributed by atoms with Crippen molar-refractivity contribution in [2.45, 2.75) is 13.3 Å². The van der Waals surface area contributed by atoms with Crippen molar-refractivity contribution in [1.29, 1.82) is 0 Å². The number of hydrogen-bond acceptors (Lipinski definition) is 3. The monoisotopic (exact) mass is 180 g/mol. The summed E-state index contributed by atoms with van der Waals surface area (Å²) in [4.78, 5) is 6.18. The van der Waals surface area contributed by atoms with Crippen LogP contribution in [-0.2, 0) is 0 Å². The molecule has 0 unspecified atom stereocenters. The van der Waals surface area contributed by atoms with Crippen molar-refractivity contribution >= 4 is 5.69 Å². The Kier molecular flexibility index (Phi) is 4.26. The van der Waals surface area contributed by atoms with Crippen molar-refractivity contribution in [3.8, 4) is 0 Å². The molecule has 1 aromatic heterocycles. The van der Waals surface area contributed by atoms with Gasteiger partial charge < -0.3 is 10.0 Å². The summed E-state index contributed by atoms with van der Waals surface area (Å²) < 4.78 is 0. The summed E-state index contributed by atoms with van der Waals surface area (Å²) in [5.41, 5.74) is 1.08. The summed E-state index contributed by atoms with van der Waals surface area (Å²) in [6, 6.07) is 3.92. The summed E-state index contributed by atoms with van der Waals surface area (Å²) in [5.74, 6) is 0. The van der Waals surface area contributed by atoms with Crippen LogP contribution in [0.4, 0.5) is 5.69 Å². The number of aromatic nitrogens is 1. The minimum atomic E-state index is 0.189. The van der Waals surface area contributed by atoms with Gasteiger partial charge in [0, 0.05) is 19.3 Å². The molecule has 3 nitrogen and oxygen atoms in total. The molecule has 0 spiro atoms. The Morgan fingerprint density at radius 1 is 1.46 bits per heavy atom. The van der Waals surface area contributed by atoms with Crippen molar-refractivity contribution in [2.75, 3.05) is 24.6 Å². The first-order valence-corrected chi connectivity index (χ1v) is 4.64. The summed E-state index contributed by atoms with van der Waals surface area (Å²) in [7, 11) is 0. The molecule has 0 saturated heterocycles. The maximum Gasteiger partial charge on any atom is 0.0606 e. The van der Waals surface area contributed by atoms with Gasteiger partial charge in [0.1, 0.15) is 0 Å². The summed E-state index contributed by atoms with van der Waals surface area (Å²) in [5, 5.41) is 8.86. The molecular formula is C10H16N2O. The van der Waals surface area contributed by atoms with Gasteiger partial charge in [0.15, 0.2) is 0 Å². The normalized spacial score (nSPS) is 10.0. The molecule has 0 aliphatic rings. The first kappa shape index (κ1) is 9.99. The lowest BCUT2D eigenvalue weighted by molar-refractivity contribution is 0.302. The van der Waals surface area contributed by atoms with Crippen LogP contribution in [-0.4, -0.2) is 29.8 Å². The number of pyridine rings is 1. The van der Waals surface area contributed by atoms with E-state index < -0.39 is 0 Å². The molecule has 0 aliphatic heterocycles. The van der Waals surface area contributed by atoms with Gasteiger partial charge in [0.2, 0.25) is 0 Å². The van der Waals surface area contributed by atoms with Gasteiger partial charge in [-0.3, -0.25) is 4.98 Å². The summed E-state index contributed by atoms with van der Waals surface area (Å²) in [6.45, 7) is 3.96. The van der Waals surface area contributed by atoms with Gasteiger partial charge in [-0.2, -0.15) is 0 Å². The van der Waals surface area contributed by atoms with Gasteiger partial charge in [-0.25, -0.2) is 0 Å². The molecular weight excluding hydrogens is 164 g/mol. The van der Waals surface area contributed by atoms with Crippen LogP contribution in [0.3, 0.4) is 0 Å². The van der Waals surface area contributed by atoms with Crippen molar-refractivity contribution in [3.63, 3.8) is 0 Å². The average Bonchev–Trinajstić information content (AvgIpc) is 2.19. The molecule has 0 saturated carbocycles. The Morgan fingerprint density at radius 3 is 2.85 bits per heavy atom. The van der Waals surface area contributed by atoms with Crippen LogP contribution >= 0.6 is 0 Å². The molecule has 0 radical (unpaired) electrons. The molecule has 1 N–H and O–H groups in total. The molecule has 1 aromatic rings. The summed E-state index contributed by atoms with van der Waals surface area (Å²) >= 11 is 0. The van der Waals surface area contributed by atoms with Crippen LogP contribution in [0.1, 0.15) is 13.3 Å². The number of aliphatic hydroxyl groups excluding tert-OH is 1. The van der Waals surface area contributed by atoms with E-state index in [4.69, 9.17) is 5.11 Å². The van der Waals surface area contributed by atoms with E-state index in [1.165, 1.54) is 0 Å². The first-order valence-electron chi connectivity index (χ1n) is 4.64. The lowest BCUT2D eigenvalue weighted by Gasteiger charge is -2.22. The van der Waals surface area contributed by atoms with Crippen LogP contribution in [0.15, 0.2) is 24.5 Å². The van der Waals surface area contributed by atoms with Gasteiger partial charge in [0.25, 0.3) is 0 Å². The maximum atomic E-state index is 8.86. The SMILES string of the molecule is CCCN(CCO)c1cccnc1. The lowest BCUT2D eigenvalue weighted by atomic mass is 10.3. The highest BCUT2D eigenvalue weighted by Crippen LogP contribution is 2.10. The molecule has 0 atom stereocenters. The predicted molar refractivity (Wildman–Crippen MR) is 53.8 cm³/mol. The second-order valence-electron chi connectivity index (χ2n) is 2.92. The highest BCUT2D eigenvalue weighted by atomic mass is 16.3. The molecule has 3 heteroatoms. The largest absolute Gasteiger partial charge is 0.395 e. The number of anilines is 1. The Labute approximate surface area is 79.0 Å². The lowest BCUT2D eigenvalue weighted by Crippen LogP contribution is -2.27. The topological polar surface area (TPSA) is 36.4 Å². The second-order valence-corrected chi connectivity index (χ2v) is 2.92. The van der Waals surface area contributed by atoms with Crippen molar-refractivity contribution in [1.82, 2.24) is 4.98 Å². The Morgan fingerprint density at radius 2 is 2.31 bits per heavy atom. The molecule has 72 valence electrons. The highest BCUT2D eigenvalue weighted by Gasteiger charge is 2.02. The van der Waals surface area contributed by atoms with E-state index in [1.54, 1.807) is 6.20 Å². The van der Waals surface area contributed by atoms with Crippen molar-refractivity contribution in [3.05, 3.63) is 24.5 Å². The highest BCUT2D eigenvalue weighted by molar-refractivity contribution is 5.43. The van der Waals surface area contributed by atoms with Crippen molar-refractivity contribution in [2.24, 2.45) is 0 Å². The van der Waals surface area contributed by atoms with Crippen LogP contribution < -0.4 is 4.90 Å². The average molecular weight is 180 g/mol. The van der Waals surface area contributed by atoms with E-state index in [0.717, 1.165) is 18.7 Å². The van der Waals surface area contributed by atoms with E-state index in [-0.39, 0.29) is 6.61 Å². The molecule has 0 aromatic carbocycles. The van der Waals surface area contributed by atoms with Crippen LogP contribution in [0, 0.1) is 0 Å². The van der Waals surface area contributed by atoms with Crippen LogP contribution in [0.2, 0.25) is 0 Å². The van der Waals surface area contributed by atoms with E-state index >= 15 is 0 Å². The maximum absolute atomic E-state index is 8.86. The zero-order valence-corrected chi connectivity index (χ0v) is 7.98.